The second-order valence-corrected chi connectivity index (χ2v) is 7.46. The van der Waals surface area contributed by atoms with Gasteiger partial charge < -0.3 is 33.2 Å². The number of hydrogen-bond donors (Lipinski definition) is 0. The van der Waals surface area contributed by atoms with Crippen LogP contribution in [0.5, 0.6) is 28.7 Å². The van der Waals surface area contributed by atoms with Crippen LogP contribution in [-0.4, -0.2) is 53.3 Å². The van der Waals surface area contributed by atoms with E-state index >= 15 is 0 Å². The van der Waals surface area contributed by atoms with Crippen molar-refractivity contribution in [3.63, 3.8) is 0 Å². The van der Waals surface area contributed by atoms with Crippen molar-refractivity contribution >= 4 is 22.7 Å². The van der Waals surface area contributed by atoms with Crippen LogP contribution in [0.1, 0.15) is 34.6 Å². The highest BCUT2D eigenvalue weighted by molar-refractivity contribution is 6.16. The summed E-state index contributed by atoms with van der Waals surface area (Å²) in [7, 11) is 4.50. The molecule has 1 aliphatic rings. The van der Waals surface area contributed by atoms with E-state index in [1.807, 2.05) is 0 Å². The lowest BCUT2D eigenvalue weighted by Gasteiger charge is -2.19. The summed E-state index contributed by atoms with van der Waals surface area (Å²) in [5, 5.41) is 1.29. The minimum absolute atomic E-state index is 0.0611. The van der Waals surface area contributed by atoms with Gasteiger partial charge in [0.15, 0.2) is 23.0 Å². The Hall–Kier alpha value is -4.14. The lowest BCUT2D eigenvalue weighted by Crippen LogP contribution is -2.16. The van der Waals surface area contributed by atoms with Gasteiger partial charge in [-0.3, -0.25) is 0 Å². The van der Waals surface area contributed by atoms with E-state index in [4.69, 9.17) is 33.2 Å². The molecule has 3 aromatic carbocycles. The van der Waals surface area contributed by atoms with Gasteiger partial charge in [0.2, 0.25) is 12.5 Å². The summed E-state index contributed by atoms with van der Waals surface area (Å²) >= 11 is 0. The van der Waals surface area contributed by atoms with Crippen LogP contribution in [0.4, 0.5) is 0 Å². The Labute approximate surface area is 202 Å². The van der Waals surface area contributed by atoms with Crippen molar-refractivity contribution in [2.45, 2.75) is 13.8 Å². The largest absolute Gasteiger partial charge is 0.493 e. The quantitative estimate of drug-likeness (QED) is 0.426. The smallest absolute Gasteiger partial charge is 0.339 e. The fraction of sp³-hybridized carbons (Fsp3) is 0.308. The minimum atomic E-state index is -0.668. The SMILES string of the molecule is CCOC(=O)c1cc2cc3c(cc2c(-c2cc(OC)c(OC)c(OC)c2)c1C(=O)OCC)OCO3. The zero-order chi connectivity index (χ0) is 25.1. The number of carbonyl (C=O) groups excluding carboxylic acids is 2. The monoisotopic (exact) mass is 482 g/mol. The molecule has 0 N–H and O–H groups in total. The highest BCUT2D eigenvalue weighted by atomic mass is 16.7. The van der Waals surface area contributed by atoms with Crippen LogP contribution in [-0.2, 0) is 9.47 Å². The number of benzene rings is 3. The standard InChI is InChI=1S/C26H26O9/c1-6-32-25(27)17-8-14-9-18-19(35-13-34-18)12-16(14)22(23(17)26(28)33-7-2)15-10-20(29-3)24(31-5)21(11-15)30-4/h8-12H,6-7,13H2,1-5H3. The third-order valence-electron chi connectivity index (χ3n) is 5.56. The Balaban J connectivity index is 2.15. The third-order valence-corrected chi connectivity index (χ3v) is 5.56. The predicted molar refractivity (Wildman–Crippen MR) is 127 cm³/mol. The molecule has 0 saturated carbocycles. The van der Waals surface area contributed by atoms with E-state index in [1.165, 1.54) is 21.3 Å². The normalized spacial score (nSPS) is 11.8. The molecule has 35 heavy (non-hydrogen) atoms. The number of esters is 2. The maximum atomic E-state index is 13.3. The van der Waals surface area contributed by atoms with Gasteiger partial charge in [-0.15, -0.1) is 0 Å². The van der Waals surface area contributed by atoms with Crippen molar-refractivity contribution < 1.29 is 42.7 Å². The molecule has 0 saturated heterocycles. The number of rotatable bonds is 8. The number of carbonyl (C=O) groups is 2. The lowest BCUT2D eigenvalue weighted by atomic mass is 9.88. The summed E-state index contributed by atoms with van der Waals surface area (Å²) in [6, 6.07) is 8.55. The summed E-state index contributed by atoms with van der Waals surface area (Å²) in [5.41, 5.74) is 1.10. The van der Waals surface area contributed by atoms with E-state index in [-0.39, 0.29) is 31.1 Å². The van der Waals surface area contributed by atoms with Crippen LogP contribution < -0.4 is 23.7 Å². The fourth-order valence-electron chi connectivity index (χ4n) is 4.10. The summed E-state index contributed by atoms with van der Waals surface area (Å²) in [6.07, 6.45) is 0. The van der Waals surface area contributed by atoms with E-state index in [9.17, 15) is 9.59 Å². The zero-order valence-corrected chi connectivity index (χ0v) is 20.2. The topological polar surface area (TPSA) is 98.8 Å². The van der Waals surface area contributed by atoms with Gasteiger partial charge in [0.1, 0.15) is 0 Å². The van der Waals surface area contributed by atoms with Crippen LogP contribution in [0, 0.1) is 0 Å². The molecular formula is C26H26O9. The number of ether oxygens (including phenoxy) is 7. The van der Waals surface area contributed by atoms with Gasteiger partial charge in [-0.2, -0.15) is 0 Å². The summed E-state index contributed by atoms with van der Waals surface area (Å²) in [6.45, 7) is 3.72. The van der Waals surface area contributed by atoms with Crippen LogP contribution >= 0.6 is 0 Å². The van der Waals surface area contributed by atoms with Crippen molar-refractivity contribution in [2.75, 3.05) is 41.3 Å². The molecule has 184 valence electrons. The van der Waals surface area contributed by atoms with Crippen LogP contribution in [0.2, 0.25) is 0 Å². The number of hydrogen-bond acceptors (Lipinski definition) is 9. The van der Waals surface area contributed by atoms with Crippen molar-refractivity contribution in [3.8, 4) is 39.9 Å². The van der Waals surface area contributed by atoms with Crippen LogP contribution in [0.15, 0.2) is 30.3 Å². The van der Waals surface area contributed by atoms with E-state index in [1.54, 1.807) is 44.2 Å². The van der Waals surface area contributed by atoms with Gasteiger partial charge in [-0.25, -0.2) is 9.59 Å². The summed E-state index contributed by atoms with van der Waals surface area (Å²) in [4.78, 5) is 26.3. The molecule has 0 amide bonds. The third kappa shape index (κ3) is 4.25. The molecule has 0 radical (unpaired) electrons. The lowest BCUT2D eigenvalue weighted by molar-refractivity contribution is 0.0480. The highest BCUT2D eigenvalue weighted by Gasteiger charge is 2.29. The molecule has 0 spiro atoms. The van der Waals surface area contributed by atoms with E-state index in [2.05, 4.69) is 0 Å². The Bertz CT molecular complexity index is 1270. The predicted octanol–water partition coefficient (Wildman–Crippen LogP) is 4.61. The molecule has 1 aliphatic heterocycles. The van der Waals surface area contributed by atoms with E-state index in [0.717, 1.165) is 0 Å². The first-order chi connectivity index (χ1) is 17.0. The molecule has 3 aromatic rings. The second-order valence-electron chi connectivity index (χ2n) is 7.46. The molecule has 0 bridgehead atoms. The molecule has 4 rings (SSSR count). The average Bonchev–Trinajstić information content (AvgIpc) is 3.32. The first-order valence-corrected chi connectivity index (χ1v) is 11.0. The average molecular weight is 482 g/mol. The van der Waals surface area contributed by atoms with Gasteiger partial charge in [0.05, 0.1) is 45.7 Å². The first kappa shape index (κ1) is 24.0. The van der Waals surface area contributed by atoms with Crippen molar-refractivity contribution in [1.29, 1.82) is 0 Å². The summed E-state index contributed by atoms with van der Waals surface area (Å²) < 4.78 is 38.3. The molecule has 0 atom stereocenters. The molecule has 9 nitrogen and oxygen atoms in total. The molecule has 0 aromatic heterocycles. The first-order valence-electron chi connectivity index (χ1n) is 11.0. The number of methoxy groups -OCH3 is 3. The fourth-order valence-corrected chi connectivity index (χ4v) is 4.10. The maximum Gasteiger partial charge on any atom is 0.339 e. The number of fused-ring (bicyclic) bond motifs is 2. The molecule has 1 heterocycles. The molecule has 9 heteroatoms. The van der Waals surface area contributed by atoms with E-state index in [0.29, 0.717) is 50.6 Å². The Morgan fingerprint density at radius 2 is 1.40 bits per heavy atom. The van der Waals surface area contributed by atoms with Crippen LogP contribution in [0.25, 0.3) is 21.9 Å². The second kappa shape index (κ2) is 10.0. The van der Waals surface area contributed by atoms with E-state index < -0.39 is 11.9 Å². The van der Waals surface area contributed by atoms with Gasteiger partial charge in [0, 0.05) is 5.56 Å². The molecule has 0 unspecified atom stereocenters. The Morgan fingerprint density at radius 3 is 1.97 bits per heavy atom. The Morgan fingerprint density at radius 1 is 0.800 bits per heavy atom. The highest BCUT2D eigenvalue weighted by Crippen LogP contribution is 2.46. The van der Waals surface area contributed by atoms with Gasteiger partial charge in [-0.1, -0.05) is 0 Å². The Kier molecular flexibility index (Phi) is 6.86. The van der Waals surface area contributed by atoms with Gasteiger partial charge >= 0.3 is 11.9 Å². The molecular weight excluding hydrogens is 456 g/mol. The molecule has 0 fully saturated rings. The van der Waals surface area contributed by atoms with Crippen molar-refractivity contribution in [1.82, 2.24) is 0 Å². The van der Waals surface area contributed by atoms with Crippen molar-refractivity contribution in [2.24, 2.45) is 0 Å². The van der Waals surface area contributed by atoms with Gasteiger partial charge in [0.25, 0.3) is 0 Å². The maximum absolute atomic E-state index is 13.3. The minimum Gasteiger partial charge on any atom is -0.493 e. The summed E-state index contributed by atoms with van der Waals surface area (Å²) in [5.74, 6) is 0.888. The van der Waals surface area contributed by atoms with Crippen LogP contribution in [0.3, 0.4) is 0 Å². The van der Waals surface area contributed by atoms with Crippen molar-refractivity contribution in [3.05, 3.63) is 41.5 Å². The zero-order valence-electron chi connectivity index (χ0n) is 20.2. The van der Waals surface area contributed by atoms with Gasteiger partial charge in [-0.05, 0) is 60.5 Å². The molecule has 0 aliphatic carbocycles.